The molecule has 5 atom stereocenters. The van der Waals surface area contributed by atoms with Gasteiger partial charge >= 0.3 is 17.9 Å². The van der Waals surface area contributed by atoms with E-state index in [9.17, 15) is 19.2 Å². The Morgan fingerprint density at radius 3 is 2.23 bits per heavy atom. The minimum Gasteiger partial charge on any atom is -0.491 e. The van der Waals surface area contributed by atoms with Gasteiger partial charge in [0, 0.05) is 59.9 Å². The highest BCUT2D eigenvalue weighted by Crippen LogP contribution is 2.45. The molecule has 228 valence electrons. The van der Waals surface area contributed by atoms with Gasteiger partial charge in [0.05, 0.1) is 5.56 Å². The molecule has 2 aliphatic rings. The average Bonchev–Trinajstić information content (AvgIpc) is 3.32. The van der Waals surface area contributed by atoms with Gasteiger partial charge in [0.2, 0.25) is 0 Å². The van der Waals surface area contributed by atoms with E-state index in [4.69, 9.17) is 28.4 Å². The molecule has 0 bridgehead atoms. The van der Waals surface area contributed by atoms with Crippen molar-refractivity contribution in [2.45, 2.75) is 70.7 Å². The smallest absolute Gasteiger partial charge is 0.303 e. The topological polar surface area (TPSA) is 139 Å². The van der Waals surface area contributed by atoms with Crippen molar-refractivity contribution >= 4 is 50.5 Å². The van der Waals surface area contributed by atoms with Crippen LogP contribution in [-0.4, -0.2) is 73.1 Å². The molecule has 2 heterocycles. The third-order valence-corrected chi connectivity index (χ3v) is 8.16. The van der Waals surface area contributed by atoms with Gasteiger partial charge < -0.3 is 33.4 Å². The van der Waals surface area contributed by atoms with Crippen molar-refractivity contribution in [2.24, 2.45) is 0 Å². The second kappa shape index (κ2) is 11.7. The summed E-state index contributed by atoms with van der Waals surface area (Å²) in [5.41, 5.74) is 3.10. The summed E-state index contributed by atoms with van der Waals surface area (Å²) in [7, 11) is 1.34. The molecule has 1 saturated heterocycles. The lowest BCUT2D eigenvalue weighted by atomic mass is 9.71. The SMILES string of the molecule is CO[C@H]1OC(COc2ccc3c(c2)C(C)(C)c2[nH]c4cc(Br)ccc4c2C3=O)[C@@H](OC(C)=O)[C@H](OC(C)=O)[C@H]1OC(C)=O. The van der Waals surface area contributed by atoms with Gasteiger partial charge in [-0.1, -0.05) is 35.8 Å². The Balaban J connectivity index is 1.45. The Hall–Kier alpha value is -3.74. The maximum Gasteiger partial charge on any atom is 0.303 e. The number of carbonyl (C=O) groups excluding carboxylic acids is 4. The van der Waals surface area contributed by atoms with Crippen molar-refractivity contribution in [1.29, 1.82) is 0 Å². The first-order chi connectivity index (χ1) is 20.3. The summed E-state index contributed by atoms with van der Waals surface area (Å²) in [6.45, 7) is 7.50. The Labute approximate surface area is 256 Å². The zero-order valence-corrected chi connectivity index (χ0v) is 26.1. The monoisotopic (exact) mass is 657 g/mol. The van der Waals surface area contributed by atoms with Crippen LogP contribution in [-0.2, 0) is 43.5 Å². The number of carbonyl (C=O) groups is 4. The number of aromatic amines is 1. The summed E-state index contributed by atoms with van der Waals surface area (Å²) in [5.74, 6) is -1.66. The number of ketones is 1. The largest absolute Gasteiger partial charge is 0.491 e. The Morgan fingerprint density at radius 2 is 1.58 bits per heavy atom. The zero-order chi connectivity index (χ0) is 31.2. The molecule has 0 spiro atoms. The first-order valence-corrected chi connectivity index (χ1v) is 14.4. The lowest BCUT2D eigenvalue weighted by molar-refractivity contribution is -0.301. The van der Waals surface area contributed by atoms with Crippen LogP contribution in [0.2, 0.25) is 0 Å². The predicted octanol–water partition coefficient (Wildman–Crippen LogP) is 4.35. The highest BCUT2D eigenvalue weighted by atomic mass is 79.9. The van der Waals surface area contributed by atoms with Gasteiger partial charge in [-0.3, -0.25) is 19.2 Å². The molecule has 1 aliphatic carbocycles. The molecule has 0 saturated carbocycles. The Kier molecular flexibility index (Phi) is 8.39. The van der Waals surface area contributed by atoms with E-state index in [-0.39, 0.29) is 12.4 Å². The van der Waals surface area contributed by atoms with Crippen LogP contribution in [0, 0.1) is 0 Å². The predicted molar refractivity (Wildman–Crippen MR) is 156 cm³/mol. The van der Waals surface area contributed by atoms with Crippen LogP contribution in [0.25, 0.3) is 10.9 Å². The highest BCUT2D eigenvalue weighted by molar-refractivity contribution is 9.10. The van der Waals surface area contributed by atoms with Crippen molar-refractivity contribution in [3.63, 3.8) is 0 Å². The Bertz CT molecular complexity index is 1610. The number of hydrogen-bond donors (Lipinski definition) is 1. The molecule has 1 aromatic heterocycles. The molecule has 12 heteroatoms. The van der Waals surface area contributed by atoms with Crippen LogP contribution in [0.3, 0.4) is 0 Å². The third kappa shape index (κ3) is 5.78. The van der Waals surface area contributed by atoms with Crippen molar-refractivity contribution in [3.05, 3.63) is 63.3 Å². The number of nitrogens with one attached hydrogen (secondary N) is 1. The fraction of sp³-hybridized carbons (Fsp3) is 0.419. The number of esters is 3. The van der Waals surface area contributed by atoms with Crippen molar-refractivity contribution in [3.8, 4) is 5.75 Å². The van der Waals surface area contributed by atoms with Gasteiger partial charge in [-0.2, -0.15) is 0 Å². The number of methoxy groups -OCH3 is 1. The third-order valence-electron chi connectivity index (χ3n) is 7.67. The van der Waals surface area contributed by atoms with E-state index in [0.717, 1.165) is 26.6 Å². The minimum atomic E-state index is -1.22. The molecule has 43 heavy (non-hydrogen) atoms. The second-order valence-electron chi connectivity index (χ2n) is 11.0. The molecular weight excluding hydrogens is 626 g/mol. The number of H-pyrrole nitrogens is 1. The standard InChI is InChI=1S/C31H32BrNO10/c1-14(34)40-26-23(43-30(38-6)28(42-16(3)36)27(26)41-15(2)35)13-39-18-8-10-19-21(12-18)31(4,5)29-24(25(19)37)20-9-7-17(32)11-22(20)33-29/h7-12,23,26-28,30,33H,13H2,1-6H3/t23?,26-,27+,28-,30+/m1/s1. The van der Waals surface area contributed by atoms with E-state index in [0.29, 0.717) is 16.9 Å². The van der Waals surface area contributed by atoms with Gasteiger partial charge in [-0.25, -0.2) is 0 Å². The van der Waals surface area contributed by atoms with E-state index in [1.807, 2.05) is 32.0 Å². The van der Waals surface area contributed by atoms with Gasteiger partial charge in [0.25, 0.3) is 0 Å². The molecule has 2 aromatic carbocycles. The van der Waals surface area contributed by atoms with E-state index in [1.165, 1.54) is 27.9 Å². The molecule has 1 fully saturated rings. The molecule has 3 aromatic rings. The molecule has 11 nitrogen and oxygen atoms in total. The maximum absolute atomic E-state index is 13.7. The number of fused-ring (bicyclic) bond motifs is 4. The summed E-state index contributed by atoms with van der Waals surface area (Å²) >= 11 is 3.50. The Morgan fingerprint density at radius 1 is 0.930 bits per heavy atom. The molecular formula is C31H32BrNO10. The number of halogens is 1. The summed E-state index contributed by atoms with van der Waals surface area (Å²) in [4.78, 5) is 53.0. The molecule has 1 aliphatic heterocycles. The highest BCUT2D eigenvalue weighted by Gasteiger charge is 2.52. The molecule has 1 N–H and O–H groups in total. The first kappa shape index (κ1) is 30.7. The minimum absolute atomic E-state index is 0.0846. The molecule has 0 radical (unpaired) electrons. The van der Waals surface area contributed by atoms with E-state index in [1.54, 1.807) is 18.2 Å². The summed E-state index contributed by atoms with van der Waals surface area (Å²) in [6, 6.07) is 11.0. The number of aromatic nitrogens is 1. The van der Waals surface area contributed by atoms with Gasteiger partial charge in [0.15, 0.2) is 30.4 Å². The van der Waals surface area contributed by atoms with Crippen molar-refractivity contribution in [2.75, 3.05) is 13.7 Å². The fourth-order valence-electron chi connectivity index (χ4n) is 5.83. The van der Waals surface area contributed by atoms with E-state index < -0.39 is 54.0 Å². The van der Waals surface area contributed by atoms with Crippen LogP contribution in [0.1, 0.15) is 61.8 Å². The average molecular weight is 658 g/mol. The van der Waals surface area contributed by atoms with E-state index in [2.05, 4.69) is 20.9 Å². The van der Waals surface area contributed by atoms with Crippen LogP contribution >= 0.6 is 15.9 Å². The lowest BCUT2D eigenvalue weighted by Gasteiger charge is -2.43. The molecule has 0 amide bonds. The van der Waals surface area contributed by atoms with Crippen molar-refractivity contribution in [1.82, 2.24) is 4.98 Å². The first-order valence-electron chi connectivity index (χ1n) is 13.7. The number of hydrogen-bond acceptors (Lipinski definition) is 10. The van der Waals surface area contributed by atoms with E-state index >= 15 is 0 Å². The van der Waals surface area contributed by atoms with Gasteiger partial charge in [-0.15, -0.1) is 0 Å². The van der Waals surface area contributed by atoms with Gasteiger partial charge in [0.1, 0.15) is 18.5 Å². The molecule has 5 rings (SSSR count). The zero-order valence-electron chi connectivity index (χ0n) is 24.5. The number of rotatable bonds is 7. The second-order valence-corrected chi connectivity index (χ2v) is 12.0. The van der Waals surface area contributed by atoms with Crippen LogP contribution in [0.15, 0.2) is 40.9 Å². The normalized spacial score (nSPS) is 24.1. The maximum atomic E-state index is 13.7. The number of benzene rings is 2. The summed E-state index contributed by atoms with van der Waals surface area (Å²) < 4.78 is 34.7. The number of ether oxygens (including phenoxy) is 6. The quantitative estimate of drug-likeness (QED) is 0.288. The van der Waals surface area contributed by atoms with Crippen LogP contribution < -0.4 is 4.74 Å². The fourth-order valence-corrected chi connectivity index (χ4v) is 6.19. The summed E-state index contributed by atoms with van der Waals surface area (Å²) in [5, 5.41) is 0.857. The van der Waals surface area contributed by atoms with Crippen LogP contribution in [0.4, 0.5) is 0 Å². The van der Waals surface area contributed by atoms with Crippen LogP contribution in [0.5, 0.6) is 5.75 Å². The summed E-state index contributed by atoms with van der Waals surface area (Å²) in [6.07, 6.45) is -5.73. The molecule has 1 unspecified atom stereocenters. The van der Waals surface area contributed by atoms with Crippen molar-refractivity contribution < 1.29 is 47.6 Å². The lowest BCUT2D eigenvalue weighted by Crippen LogP contribution is -2.62. The van der Waals surface area contributed by atoms with Gasteiger partial charge in [-0.05, 0) is 35.9 Å².